The first kappa shape index (κ1) is 57.3. The van der Waals surface area contributed by atoms with Crippen molar-refractivity contribution in [2.45, 2.75) is 180 Å². The van der Waals surface area contributed by atoms with Gasteiger partial charge in [-0.15, -0.1) is 5.09 Å². The Balaban J connectivity index is 1.70. The number of esters is 1. The van der Waals surface area contributed by atoms with Gasteiger partial charge in [-0.1, -0.05) is 75.6 Å². The normalized spacial score (nSPS) is 38.1. The molecule has 2 bridgehead atoms. The summed E-state index contributed by atoms with van der Waals surface area (Å²) >= 11 is 0. The summed E-state index contributed by atoms with van der Waals surface area (Å²) in [5.41, 5.74) is 1.26. The van der Waals surface area contributed by atoms with E-state index in [0.29, 0.717) is 56.9 Å². The molecular weight excluding hydrogens is 892 g/mol. The second-order valence-electron chi connectivity index (χ2n) is 20.3. The third kappa shape index (κ3) is 15.4. The van der Waals surface area contributed by atoms with Crippen LogP contribution in [0.2, 0.25) is 0 Å². The molecule has 3 heterocycles. The van der Waals surface area contributed by atoms with Gasteiger partial charge in [0.2, 0.25) is 5.79 Å². The molecule has 0 spiro atoms. The Morgan fingerprint density at radius 3 is 2.28 bits per heavy atom. The highest BCUT2D eigenvalue weighted by atomic mass is 31.1. The zero-order valence-electron chi connectivity index (χ0n) is 42.5. The number of ether oxygens (including phenoxy) is 5. The van der Waals surface area contributed by atoms with Crippen molar-refractivity contribution >= 4 is 37.2 Å². The minimum atomic E-state index is -2.43. The molecule has 1 saturated carbocycles. The smallest absolute Gasteiger partial charge is 0.429 e. The fourth-order valence-electron chi connectivity index (χ4n) is 10.5. The molecule has 0 aromatic carbocycles. The maximum absolute atomic E-state index is 14.5. The summed E-state index contributed by atoms with van der Waals surface area (Å²) in [6.07, 6.45) is 12.2. The number of carbonyl (C=O) groups excluding carboxylic acids is 5. The number of rotatable bonds is 8. The molecule has 2 saturated heterocycles. The molecule has 0 aromatic rings. The highest BCUT2D eigenvalue weighted by molar-refractivity contribution is 7.41. The van der Waals surface area contributed by atoms with E-state index in [0.717, 1.165) is 18.4 Å². The lowest BCUT2D eigenvalue weighted by atomic mass is 9.78. The summed E-state index contributed by atoms with van der Waals surface area (Å²) in [4.78, 5) is 72.1. The van der Waals surface area contributed by atoms with Crippen molar-refractivity contribution in [3.8, 4) is 0 Å². The molecule has 3 fully saturated rings. The van der Waals surface area contributed by atoms with Gasteiger partial charge in [0.05, 0.1) is 24.4 Å². The number of fused-ring (bicyclic) bond motifs is 3. The van der Waals surface area contributed by atoms with E-state index in [1.165, 1.54) is 12.0 Å². The van der Waals surface area contributed by atoms with E-state index in [4.69, 9.17) is 23.7 Å². The van der Waals surface area contributed by atoms with Gasteiger partial charge in [0.25, 0.3) is 11.7 Å². The Morgan fingerprint density at radius 1 is 0.897 bits per heavy atom. The first-order valence-electron chi connectivity index (χ1n) is 24.8. The minimum Gasteiger partial charge on any atom is -0.460 e. The van der Waals surface area contributed by atoms with Gasteiger partial charge >= 0.3 is 13.9 Å². The molecule has 68 heavy (non-hydrogen) atoms. The fourth-order valence-corrected chi connectivity index (χ4v) is 11.3. The molecule has 4 aliphatic rings. The summed E-state index contributed by atoms with van der Waals surface area (Å²) in [5, 5.41) is 26.6. The Morgan fingerprint density at radius 2 is 1.62 bits per heavy atom. The van der Waals surface area contributed by atoms with Crippen molar-refractivity contribution in [2.75, 3.05) is 34.5 Å². The number of amides is 1. The predicted molar refractivity (Wildman–Crippen MR) is 260 cm³/mol. The molecule has 382 valence electrons. The van der Waals surface area contributed by atoms with E-state index >= 15 is 0 Å². The monoisotopic (exact) mass is 974 g/mol. The SMILES string of the molecule is CO[C@H]1C[C@@H]2CC[C@@H](C)[C@@](O)(O2)C(=O)C(=O)N2CCCCC2C(=O)O[C@H]([C@H](C)C[C@@H]2CCC(N[P+](C)=O)[C@H](OC)C2)CC(=O)[C@H](C)/C=C(\C)[C@@H](O)[C@@H](OC)C(=O)[C@H](C)C[C@H](C)/C=C/C=CC=C1C. The number of aliphatic hydroxyl groups excluding tert-OH is 1. The fraction of sp³-hybridized carbons (Fsp3) is 0.750. The number of ketones is 3. The van der Waals surface area contributed by atoms with Crippen LogP contribution in [0.15, 0.2) is 47.6 Å². The summed E-state index contributed by atoms with van der Waals surface area (Å²) in [6, 6.07) is -1.22. The maximum atomic E-state index is 14.5. The molecule has 1 aliphatic carbocycles. The van der Waals surface area contributed by atoms with E-state index in [9.17, 15) is 38.8 Å². The highest BCUT2D eigenvalue weighted by Gasteiger charge is 2.53. The van der Waals surface area contributed by atoms with Gasteiger partial charge in [0, 0.05) is 58.5 Å². The van der Waals surface area contributed by atoms with Crippen LogP contribution in [0.4, 0.5) is 0 Å². The molecule has 15 nitrogen and oxygen atoms in total. The van der Waals surface area contributed by atoms with Crippen molar-refractivity contribution in [2.24, 2.45) is 35.5 Å². The van der Waals surface area contributed by atoms with Crippen molar-refractivity contribution in [1.29, 1.82) is 0 Å². The van der Waals surface area contributed by atoms with Gasteiger partial charge in [-0.2, -0.15) is 0 Å². The van der Waals surface area contributed by atoms with Crippen LogP contribution in [-0.2, 0) is 52.2 Å². The number of hydrogen-bond donors (Lipinski definition) is 3. The van der Waals surface area contributed by atoms with Crippen molar-refractivity contribution in [3.63, 3.8) is 0 Å². The number of hydrogen-bond acceptors (Lipinski definition) is 13. The number of methoxy groups -OCH3 is 3. The molecule has 1 amide bonds. The summed E-state index contributed by atoms with van der Waals surface area (Å²) in [5.74, 6) is -7.97. The first-order chi connectivity index (χ1) is 32.1. The minimum absolute atomic E-state index is 0.0153. The average molecular weight is 974 g/mol. The van der Waals surface area contributed by atoms with Crippen LogP contribution < -0.4 is 5.09 Å². The maximum Gasteiger partial charge on any atom is 0.429 e. The molecule has 16 heteroatoms. The molecule has 16 atom stereocenters. The third-order valence-electron chi connectivity index (χ3n) is 14.9. The first-order valence-corrected chi connectivity index (χ1v) is 26.5. The number of nitrogens with one attached hydrogen (secondary N) is 1. The van der Waals surface area contributed by atoms with Gasteiger partial charge in [-0.25, -0.2) is 4.79 Å². The van der Waals surface area contributed by atoms with Gasteiger partial charge in [-0.05, 0) is 107 Å². The van der Waals surface area contributed by atoms with Crippen LogP contribution in [0.5, 0.6) is 0 Å². The Bertz CT molecular complexity index is 1880. The van der Waals surface area contributed by atoms with E-state index in [-0.39, 0.29) is 60.9 Å². The van der Waals surface area contributed by atoms with Gasteiger partial charge < -0.3 is 38.8 Å². The summed E-state index contributed by atoms with van der Waals surface area (Å²) < 4.78 is 41.8. The molecule has 0 aromatic heterocycles. The van der Waals surface area contributed by atoms with Gasteiger partial charge in [0.1, 0.15) is 30.1 Å². The molecule has 0 radical (unpaired) electrons. The quantitative estimate of drug-likeness (QED) is 0.0957. The standard InChI is InChI=1S/C52H82N2O13P/c1-31-17-13-12-14-18-32(2)43(63-8)29-39-22-20-37(7)52(61,67-39)49(58)50(59)54-24-16-15-19-41(54)51(60)66-44(34(4)27-38-21-23-40(53-68(11)62)45(28-38)64-9)30-42(55)33(3)26-36(6)47(57)48(65-10)46(56)35(5)25-31/h12-14,17-18,26,31,33-35,37-41,43-45,47-48,57,61H,15-16,19-25,27-30H2,1-11H3,(H,53,62)/q+1/b14-12?,17-13+,32-18?,36-26+/t31-,33-,34-,35-,37-,38+,39+,40?,41?,43+,44+,45-,47-,48+,52-/m1/s1. The van der Waals surface area contributed by atoms with Crippen molar-refractivity contribution < 1.29 is 62.4 Å². The number of allylic oxidation sites excluding steroid dienone is 6. The Kier molecular flexibility index (Phi) is 22.6. The molecule has 3 unspecified atom stereocenters. The summed E-state index contributed by atoms with van der Waals surface area (Å²) in [7, 11) is 3.00. The highest BCUT2D eigenvalue weighted by Crippen LogP contribution is 2.38. The number of Topliss-reactive ketones (excluding diaryl/α,β-unsaturated/α-hetero) is 3. The lowest BCUT2D eigenvalue weighted by Crippen LogP contribution is -2.61. The molecule has 3 aliphatic heterocycles. The second kappa shape index (κ2) is 26.8. The lowest BCUT2D eigenvalue weighted by Gasteiger charge is -2.42. The van der Waals surface area contributed by atoms with Crippen LogP contribution >= 0.6 is 7.95 Å². The topological polar surface area (TPSA) is 204 Å². The molecule has 4 rings (SSSR count). The van der Waals surface area contributed by atoms with Crippen LogP contribution in [0, 0.1) is 35.5 Å². The zero-order valence-corrected chi connectivity index (χ0v) is 43.4. The van der Waals surface area contributed by atoms with E-state index in [1.807, 2.05) is 58.1 Å². The van der Waals surface area contributed by atoms with E-state index < -0.39 is 85.7 Å². The van der Waals surface area contributed by atoms with E-state index in [2.05, 4.69) is 5.09 Å². The van der Waals surface area contributed by atoms with Crippen molar-refractivity contribution in [3.05, 3.63) is 47.6 Å². The molecule has 3 N–H and O–H groups in total. The third-order valence-corrected chi connectivity index (χ3v) is 15.6. The number of cyclic esters (lactones) is 1. The number of piperidine rings is 1. The predicted octanol–water partition coefficient (Wildman–Crippen LogP) is 7.15. The average Bonchev–Trinajstić information content (AvgIpc) is 3.30. The van der Waals surface area contributed by atoms with E-state index in [1.54, 1.807) is 47.7 Å². The Hall–Kier alpha value is -3.27. The van der Waals surface area contributed by atoms with Crippen LogP contribution in [0.1, 0.15) is 126 Å². The van der Waals surface area contributed by atoms with Crippen LogP contribution in [0.3, 0.4) is 0 Å². The van der Waals surface area contributed by atoms with Gasteiger partial charge in [0.15, 0.2) is 12.4 Å². The Labute approximate surface area is 406 Å². The lowest BCUT2D eigenvalue weighted by molar-refractivity contribution is -0.265. The largest absolute Gasteiger partial charge is 0.460 e. The molecular formula is C52H82N2O13P+. The van der Waals surface area contributed by atoms with Crippen molar-refractivity contribution in [1.82, 2.24) is 9.99 Å². The van der Waals surface area contributed by atoms with Crippen LogP contribution in [0.25, 0.3) is 0 Å². The summed E-state index contributed by atoms with van der Waals surface area (Å²) in [6.45, 7) is 14.4. The van der Waals surface area contributed by atoms with Gasteiger partial charge in [-0.3, -0.25) is 19.2 Å². The number of nitrogens with zero attached hydrogens (tertiary/aromatic N) is 1. The number of carbonyl (C=O) groups is 5. The van der Waals surface area contributed by atoms with Crippen LogP contribution in [-0.4, -0.2) is 133 Å². The zero-order chi connectivity index (χ0) is 50.5. The second-order valence-corrected chi connectivity index (χ2v) is 21.5. The number of aliphatic hydroxyl groups is 2.